The molecule has 0 radical (unpaired) electrons. The Kier molecular flexibility index (Phi) is 6.99. The second-order valence-electron chi connectivity index (χ2n) is 2.46. The molecule has 1 aliphatic rings. The Hall–Kier alpha value is 1.75. The average molecular weight is 259 g/mol. The lowest BCUT2D eigenvalue weighted by Crippen LogP contribution is -2.05. The molecule has 1 rings (SSSR count). The van der Waals surface area contributed by atoms with Gasteiger partial charge in [-0.1, -0.05) is 6.92 Å². The predicted octanol–water partition coefficient (Wildman–Crippen LogP) is 3.84. The van der Waals surface area contributed by atoms with Crippen LogP contribution in [0.1, 0.15) is 13.3 Å². The zero-order chi connectivity index (χ0) is 8.81. The number of rotatable bonds is 4. The second kappa shape index (κ2) is 7.10. The van der Waals surface area contributed by atoms with E-state index in [0.29, 0.717) is 5.25 Å². The molecule has 0 aromatic rings. The fourth-order valence-corrected chi connectivity index (χ4v) is 7.74. The summed E-state index contributed by atoms with van der Waals surface area (Å²) >= 11 is 12.7. The van der Waals surface area contributed by atoms with Crippen LogP contribution in [0.3, 0.4) is 0 Å². The van der Waals surface area contributed by atoms with Crippen molar-refractivity contribution < 1.29 is 0 Å². The van der Waals surface area contributed by atoms with E-state index in [1.807, 2.05) is 11.8 Å². The van der Waals surface area contributed by atoms with Crippen LogP contribution in [0, 0.1) is 0 Å². The first-order valence-corrected chi connectivity index (χ1v) is 8.75. The summed E-state index contributed by atoms with van der Waals surface area (Å²) in [7, 11) is 0. The van der Waals surface area contributed by atoms with Crippen molar-refractivity contribution >= 4 is 59.7 Å². The summed E-state index contributed by atoms with van der Waals surface area (Å²) in [5.41, 5.74) is 0. The van der Waals surface area contributed by atoms with Crippen LogP contribution in [0.25, 0.3) is 0 Å². The van der Waals surface area contributed by atoms with E-state index in [0.717, 1.165) is 3.91 Å². The summed E-state index contributed by atoms with van der Waals surface area (Å²) in [6.45, 7) is 2.20. The Balaban J connectivity index is 2.05. The lowest BCUT2D eigenvalue weighted by atomic mass is 10.4. The molecule has 5 heteroatoms. The molecule has 1 heterocycles. The zero-order valence-electron chi connectivity index (χ0n) is 7.06. The SMILES string of the molecule is CCC(S)CSC1SCSCS1. The van der Waals surface area contributed by atoms with Gasteiger partial charge in [-0.15, -0.1) is 47.0 Å². The molecule has 0 aromatic carbocycles. The highest BCUT2D eigenvalue weighted by Gasteiger charge is 2.15. The van der Waals surface area contributed by atoms with Crippen molar-refractivity contribution in [1.82, 2.24) is 0 Å². The van der Waals surface area contributed by atoms with Gasteiger partial charge >= 0.3 is 0 Å². The first-order chi connectivity index (χ1) is 5.83. The minimum absolute atomic E-state index is 0.589. The lowest BCUT2D eigenvalue weighted by molar-refractivity contribution is 0.924. The summed E-state index contributed by atoms with van der Waals surface area (Å²) in [4.78, 5) is 0. The lowest BCUT2D eigenvalue weighted by Gasteiger charge is -2.20. The third-order valence-electron chi connectivity index (χ3n) is 1.47. The van der Waals surface area contributed by atoms with E-state index in [1.165, 1.54) is 22.3 Å². The molecule has 0 aliphatic carbocycles. The fraction of sp³-hybridized carbons (Fsp3) is 1.00. The van der Waals surface area contributed by atoms with Crippen molar-refractivity contribution in [3.63, 3.8) is 0 Å². The second-order valence-corrected chi connectivity index (χ2v) is 9.12. The van der Waals surface area contributed by atoms with E-state index >= 15 is 0 Å². The first-order valence-electron chi connectivity index (χ1n) is 3.93. The Labute approximate surface area is 97.6 Å². The van der Waals surface area contributed by atoms with Gasteiger partial charge in [-0.05, 0) is 6.42 Å². The van der Waals surface area contributed by atoms with Gasteiger partial charge in [-0.3, -0.25) is 0 Å². The van der Waals surface area contributed by atoms with E-state index in [9.17, 15) is 0 Å². The topological polar surface area (TPSA) is 0 Å². The molecule has 0 amide bonds. The maximum atomic E-state index is 4.49. The Morgan fingerprint density at radius 3 is 2.75 bits per heavy atom. The Bertz CT molecular complexity index is 112. The number of hydrogen-bond acceptors (Lipinski definition) is 5. The van der Waals surface area contributed by atoms with Crippen LogP contribution in [-0.4, -0.2) is 25.1 Å². The van der Waals surface area contributed by atoms with Crippen LogP contribution in [0.4, 0.5) is 0 Å². The van der Waals surface area contributed by atoms with Crippen molar-refractivity contribution in [2.45, 2.75) is 22.5 Å². The molecule has 0 aromatic heterocycles. The third kappa shape index (κ3) is 4.84. The summed E-state index contributed by atoms with van der Waals surface area (Å²) in [5, 5.41) is 3.13. The highest BCUT2D eigenvalue weighted by atomic mass is 32.3. The van der Waals surface area contributed by atoms with Crippen LogP contribution in [-0.2, 0) is 0 Å². The van der Waals surface area contributed by atoms with Gasteiger partial charge in [0, 0.05) is 21.2 Å². The molecule has 0 bridgehead atoms. The summed E-state index contributed by atoms with van der Waals surface area (Å²) in [6, 6.07) is 0. The molecule has 0 nitrogen and oxygen atoms in total. The van der Waals surface area contributed by atoms with E-state index in [-0.39, 0.29) is 0 Å². The van der Waals surface area contributed by atoms with Crippen molar-refractivity contribution in [3.8, 4) is 0 Å². The van der Waals surface area contributed by atoms with Crippen LogP contribution < -0.4 is 0 Å². The van der Waals surface area contributed by atoms with Crippen molar-refractivity contribution in [1.29, 1.82) is 0 Å². The summed E-state index contributed by atoms with van der Waals surface area (Å²) < 4.78 is 0.771. The van der Waals surface area contributed by atoms with Gasteiger partial charge in [0.2, 0.25) is 0 Å². The van der Waals surface area contributed by atoms with Crippen LogP contribution in [0.5, 0.6) is 0 Å². The monoisotopic (exact) mass is 258 g/mol. The molecule has 1 saturated heterocycles. The minimum atomic E-state index is 0.589. The van der Waals surface area contributed by atoms with E-state index < -0.39 is 0 Å². The normalized spacial score (nSPS) is 22.5. The highest BCUT2D eigenvalue weighted by molar-refractivity contribution is 8.40. The molecule has 1 fully saturated rings. The van der Waals surface area contributed by atoms with E-state index in [4.69, 9.17) is 0 Å². The smallest absolute Gasteiger partial charge is 0.0972 e. The molecule has 0 N–H and O–H groups in total. The van der Waals surface area contributed by atoms with Gasteiger partial charge in [0.05, 0.1) is 3.91 Å². The van der Waals surface area contributed by atoms with Gasteiger partial charge < -0.3 is 0 Å². The maximum Gasteiger partial charge on any atom is 0.0972 e. The molecule has 1 aliphatic heterocycles. The van der Waals surface area contributed by atoms with Crippen LogP contribution >= 0.6 is 59.7 Å². The Morgan fingerprint density at radius 2 is 2.17 bits per heavy atom. The molecular weight excluding hydrogens is 244 g/mol. The van der Waals surface area contributed by atoms with Gasteiger partial charge in [0.1, 0.15) is 0 Å². The fourth-order valence-electron chi connectivity index (χ4n) is 0.693. The van der Waals surface area contributed by atoms with E-state index in [2.05, 4.69) is 54.8 Å². The zero-order valence-corrected chi connectivity index (χ0v) is 11.2. The molecule has 12 heavy (non-hydrogen) atoms. The number of hydrogen-bond donors (Lipinski definition) is 1. The maximum absolute atomic E-state index is 4.49. The quantitative estimate of drug-likeness (QED) is 0.761. The van der Waals surface area contributed by atoms with Crippen molar-refractivity contribution in [2.24, 2.45) is 0 Å². The standard InChI is InChI=1S/C7H14S5/c1-2-6(8)3-10-7-11-4-9-5-12-7/h6-8H,2-5H2,1H3. The minimum Gasteiger partial charge on any atom is -0.175 e. The molecule has 0 saturated carbocycles. The van der Waals surface area contributed by atoms with Gasteiger partial charge in [0.25, 0.3) is 0 Å². The molecular formula is C7H14S5. The van der Waals surface area contributed by atoms with Gasteiger partial charge in [0.15, 0.2) is 0 Å². The average Bonchev–Trinajstić information content (AvgIpc) is 2.16. The highest BCUT2D eigenvalue weighted by Crippen LogP contribution is 2.42. The number of thiol groups is 1. The first kappa shape index (κ1) is 11.8. The summed E-state index contributed by atoms with van der Waals surface area (Å²) in [6.07, 6.45) is 1.19. The largest absolute Gasteiger partial charge is 0.175 e. The van der Waals surface area contributed by atoms with E-state index in [1.54, 1.807) is 0 Å². The predicted molar refractivity (Wildman–Crippen MR) is 71.8 cm³/mol. The van der Waals surface area contributed by atoms with Crippen molar-refractivity contribution in [2.75, 3.05) is 15.9 Å². The van der Waals surface area contributed by atoms with Crippen LogP contribution in [0.2, 0.25) is 0 Å². The van der Waals surface area contributed by atoms with Crippen LogP contribution in [0.15, 0.2) is 0 Å². The van der Waals surface area contributed by atoms with Crippen molar-refractivity contribution in [3.05, 3.63) is 0 Å². The van der Waals surface area contributed by atoms with Gasteiger partial charge in [-0.2, -0.15) is 12.6 Å². The Morgan fingerprint density at radius 1 is 1.50 bits per heavy atom. The molecule has 1 unspecified atom stereocenters. The molecule has 1 atom stereocenters. The molecule has 72 valence electrons. The third-order valence-corrected chi connectivity index (χ3v) is 8.55. The number of thioether (sulfide) groups is 4. The summed E-state index contributed by atoms with van der Waals surface area (Å²) in [5.74, 6) is 1.20. The van der Waals surface area contributed by atoms with Gasteiger partial charge in [-0.25, -0.2) is 0 Å². The molecule has 0 spiro atoms.